The average Bonchev–Trinajstić information content (AvgIpc) is 2.31. The lowest BCUT2D eigenvalue weighted by Crippen LogP contribution is -2.13. The van der Waals surface area contributed by atoms with Crippen molar-refractivity contribution in [1.29, 1.82) is 0 Å². The molecule has 0 spiro atoms. The van der Waals surface area contributed by atoms with Crippen LogP contribution in [0, 0.1) is 5.82 Å². The lowest BCUT2D eigenvalue weighted by molar-refractivity contribution is 0.627. The maximum Gasteiger partial charge on any atom is 0.148 e. The number of nitrogen functional groups attached to an aromatic ring is 1. The Bertz CT molecular complexity index is 323. The molecule has 0 bridgehead atoms. The molecule has 3 heteroatoms. The molecule has 1 heterocycles. The lowest BCUT2D eigenvalue weighted by Gasteiger charge is -2.12. The third-order valence-corrected chi connectivity index (χ3v) is 2.26. The van der Waals surface area contributed by atoms with Gasteiger partial charge in [-0.25, -0.2) is 4.39 Å². The Hall–Kier alpha value is -1.25. The summed E-state index contributed by atoms with van der Waals surface area (Å²) in [5.41, 5.74) is 7.77. The lowest BCUT2D eigenvalue weighted by atomic mass is 10.1. The normalized spacial score (nSPS) is 15.0. The highest BCUT2D eigenvalue weighted by Gasteiger charge is 2.19. The molecule has 12 heavy (non-hydrogen) atoms. The zero-order chi connectivity index (χ0) is 8.72. The van der Waals surface area contributed by atoms with Crippen LogP contribution in [0.3, 0.4) is 0 Å². The summed E-state index contributed by atoms with van der Waals surface area (Å²) in [6, 6.07) is 3.22. The average molecular weight is 166 g/mol. The standard InChI is InChI=1S/C9H11FN2/c1-12-3-2-6-4-7(11)5-8(10)9(6)12/h4-5H,2-3,11H2,1H3. The first-order chi connectivity index (χ1) is 5.68. The van der Waals surface area contributed by atoms with Crippen LogP contribution in [-0.2, 0) is 6.42 Å². The van der Waals surface area contributed by atoms with Crippen LogP contribution in [0.2, 0.25) is 0 Å². The summed E-state index contributed by atoms with van der Waals surface area (Å²) in [5, 5.41) is 0. The van der Waals surface area contributed by atoms with E-state index in [-0.39, 0.29) is 5.82 Å². The number of halogens is 1. The molecule has 0 saturated heterocycles. The van der Waals surface area contributed by atoms with Gasteiger partial charge in [-0.15, -0.1) is 0 Å². The second kappa shape index (κ2) is 2.37. The second-order valence-corrected chi connectivity index (χ2v) is 3.18. The molecule has 0 amide bonds. The molecule has 1 aliphatic heterocycles. The van der Waals surface area contributed by atoms with Crippen molar-refractivity contribution in [3.63, 3.8) is 0 Å². The van der Waals surface area contributed by atoms with Crippen molar-refractivity contribution < 1.29 is 4.39 Å². The Labute approximate surface area is 70.8 Å². The molecule has 0 atom stereocenters. The Morgan fingerprint density at radius 3 is 3.00 bits per heavy atom. The summed E-state index contributed by atoms with van der Waals surface area (Å²) < 4.78 is 13.3. The van der Waals surface area contributed by atoms with E-state index in [0.29, 0.717) is 11.4 Å². The van der Waals surface area contributed by atoms with Crippen molar-refractivity contribution >= 4 is 11.4 Å². The molecule has 64 valence electrons. The van der Waals surface area contributed by atoms with Crippen LogP contribution >= 0.6 is 0 Å². The van der Waals surface area contributed by atoms with Gasteiger partial charge in [0, 0.05) is 19.3 Å². The van der Waals surface area contributed by atoms with E-state index in [1.54, 1.807) is 0 Å². The number of likely N-dealkylation sites (N-methyl/N-ethyl adjacent to an activating group) is 1. The maximum atomic E-state index is 13.3. The van der Waals surface area contributed by atoms with Crippen molar-refractivity contribution in [3.05, 3.63) is 23.5 Å². The van der Waals surface area contributed by atoms with Crippen molar-refractivity contribution in [3.8, 4) is 0 Å². The summed E-state index contributed by atoms with van der Waals surface area (Å²) in [6.07, 6.45) is 0.897. The quantitative estimate of drug-likeness (QED) is 0.590. The minimum absolute atomic E-state index is 0.204. The van der Waals surface area contributed by atoms with Gasteiger partial charge in [0.15, 0.2) is 0 Å². The molecular weight excluding hydrogens is 155 g/mol. The molecule has 0 saturated carbocycles. The molecule has 1 aromatic rings. The van der Waals surface area contributed by atoms with Gasteiger partial charge in [0.2, 0.25) is 0 Å². The third kappa shape index (κ3) is 0.932. The van der Waals surface area contributed by atoms with Crippen LogP contribution < -0.4 is 10.6 Å². The summed E-state index contributed by atoms with van der Waals surface area (Å²) in [7, 11) is 1.89. The molecule has 2 rings (SSSR count). The van der Waals surface area contributed by atoms with Crippen LogP contribution in [-0.4, -0.2) is 13.6 Å². The van der Waals surface area contributed by atoms with E-state index in [1.807, 2.05) is 18.0 Å². The molecule has 0 radical (unpaired) electrons. The predicted molar refractivity (Wildman–Crippen MR) is 47.8 cm³/mol. The summed E-state index contributed by atoms with van der Waals surface area (Å²) in [6.45, 7) is 0.885. The highest BCUT2D eigenvalue weighted by Crippen LogP contribution is 2.31. The number of hydrogen-bond donors (Lipinski definition) is 1. The van der Waals surface area contributed by atoms with Gasteiger partial charge in [-0.1, -0.05) is 0 Å². The predicted octanol–water partition coefficient (Wildman–Crippen LogP) is 1.40. The fourth-order valence-corrected chi connectivity index (χ4v) is 1.70. The monoisotopic (exact) mass is 166 g/mol. The third-order valence-electron chi connectivity index (χ3n) is 2.26. The zero-order valence-electron chi connectivity index (χ0n) is 6.97. The van der Waals surface area contributed by atoms with Gasteiger partial charge in [0.1, 0.15) is 5.82 Å². The minimum atomic E-state index is -0.204. The summed E-state index contributed by atoms with van der Waals surface area (Å²) in [4.78, 5) is 1.92. The molecule has 0 aromatic heterocycles. The topological polar surface area (TPSA) is 29.3 Å². The van der Waals surface area contributed by atoms with E-state index < -0.39 is 0 Å². The van der Waals surface area contributed by atoms with Gasteiger partial charge >= 0.3 is 0 Å². The highest BCUT2D eigenvalue weighted by atomic mass is 19.1. The molecular formula is C9H11FN2. The summed E-state index contributed by atoms with van der Waals surface area (Å²) >= 11 is 0. The van der Waals surface area contributed by atoms with Crippen molar-refractivity contribution in [2.24, 2.45) is 0 Å². The van der Waals surface area contributed by atoms with Gasteiger partial charge in [0.05, 0.1) is 5.69 Å². The smallest absolute Gasteiger partial charge is 0.148 e. The van der Waals surface area contributed by atoms with Crippen molar-refractivity contribution in [1.82, 2.24) is 0 Å². The Kier molecular flexibility index (Phi) is 1.46. The van der Waals surface area contributed by atoms with Crippen molar-refractivity contribution in [2.45, 2.75) is 6.42 Å². The number of rotatable bonds is 0. The molecule has 2 N–H and O–H groups in total. The molecule has 0 unspecified atom stereocenters. The van der Waals surface area contributed by atoms with E-state index in [2.05, 4.69) is 0 Å². The number of benzene rings is 1. The Morgan fingerprint density at radius 1 is 1.50 bits per heavy atom. The Morgan fingerprint density at radius 2 is 2.25 bits per heavy atom. The van der Waals surface area contributed by atoms with E-state index in [4.69, 9.17) is 5.73 Å². The Balaban J connectivity index is 2.60. The molecule has 0 fully saturated rings. The SMILES string of the molecule is CN1CCc2cc(N)cc(F)c21. The maximum absolute atomic E-state index is 13.3. The number of anilines is 2. The first-order valence-electron chi connectivity index (χ1n) is 3.97. The van der Waals surface area contributed by atoms with Gasteiger partial charge in [0.25, 0.3) is 0 Å². The van der Waals surface area contributed by atoms with Gasteiger partial charge in [-0.2, -0.15) is 0 Å². The van der Waals surface area contributed by atoms with E-state index >= 15 is 0 Å². The number of nitrogens with zero attached hydrogens (tertiary/aromatic N) is 1. The van der Waals surface area contributed by atoms with Crippen LogP contribution in [0.5, 0.6) is 0 Å². The summed E-state index contributed by atoms with van der Waals surface area (Å²) in [5.74, 6) is -0.204. The van der Waals surface area contributed by atoms with Crippen LogP contribution in [0.4, 0.5) is 15.8 Å². The largest absolute Gasteiger partial charge is 0.399 e. The van der Waals surface area contributed by atoms with E-state index in [1.165, 1.54) is 6.07 Å². The number of fused-ring (bicyclic) bond motifs is 1. The van der Waals surface area contributed by atoms with Gasteiger partial charge < -0.3 is 10.6 Å². The fraction of sp³-hybridized carbons (Fsp3) is 0.333. The molecule has 1 aliphatic rings. The first kappa shape index (κ1) is 7.40. The van der Waals surface area contributed by atoms with E-state index in [0.717, 1.165) is 18.5 Å². The molecule has 0 aliphatic carbocycles. The zero-order valence-corrected chi connectivity index (χ0v) is 6.97. The van der Waals surface area contributed by atoms with Crippen LogP contribution in [0.15, 0.2) is 12.1 Å². The van der Waals surface area contributed by atoms with E-state index in [9.17, 15) is 4.39 Å². The first-order valence-corrected chi connectivity index (χ1v) is 3.97. The van der Waals surface area contributed by atoms with Gasteiger partial charge in [-0.3, -0.25) is 0 Å². The minimum Gasteiger partial charge on any atom is -0.399 e. The van der Waals surface area contributed by atoms with Crippen LogP contribution in [0.25, 0.3) is 0 Å². The van der Waals surface area contributed by atoms with Gasteiger partial charge in [-0.05, 0) is 24.1 Å². The number of hydrogen-bond acceptors (Lipinski definition) is 2. The highest BCUT2D eigenvalue weighted by molar-refractivity contribution is 5.63. The molecule has 2 nitrogen and oxygen atoms in total. The molecule has 1 aromatic carbocycles. The number of nitrogens with two attached hydrogens (primary N) is 1. The second-order valence-electron chi connectivity index (χ2n) is 3.18. The fourth-order valence-electron chi connectivity index (χ4n) is 1.70. The van der Waals surface area contributed by atoms with Crippen LogP contribution in [0.1, 0.15) is 5.56 Å². The van der Waals surface area contributed by atoms with Crippen molar-refractivity contribution in [2.75, 3.05) is 24.2 Å².